The van der Waals surface area contributed by atoms with E-state index in [1.165, 1.54) is 49.4 Å². The Hall–Kier alpha value is -4.76. The van der Waals surface area contributed by atoms with Crippen molar-refractivity contribution in [2.24, 2.45) is 0 Å². The van der Waals surface area contributed by atoms with Crippen LogP contribution in [0.1, 0.15) is 57.8 Å². The molecule has 47 heavy (non-hydrogen) atoms. The minimum atomic E-state index is -1.15. The summed E-state index contributed by atoms with van der Waals surface area (Å²) in [5.41, 5.74) is 11.0. The molecular formula is C44H36ClNO. The van der Waals surface area contributed by atoms with Gasteiger partial charge in [0.25, 0.3) is 0 Å². The maximum Gasteiger partial charge on any atom is 0.0992 e. The van der Waals surface area contributed by atoms with Gasteiger partial charge in [0.1, 0.15) is 0 Å². The maximum atomic E-state index is 12.5. The van der Waals surface area contributed by atoms with Crippen LogP contribution in [0.25, 0.3) is 22.8 Å². The largest absolute Gasteiger partial charge is 0.384 e. The van der Waals surface area contributed by atoms with Gasteiger partial charge in [-0.1, -0.05) is 133 Å². The monoisotopic (exact) mass is 629 g/mol. The Bertz CT molecular complexity index is 2190. The van der Waals surface area contributed by atoms with Crippen LogP contribution in [-0.2, 0) is 24.9 Å². The molecule has 2 atom stereocenters. The molecule has 3 heteroatoms. The molecule has 2 aliphatic carbocycles. The first-order valence-corrected chi connectivity index (χ1v) is 16.9. The summed E-state index contributed by atoms with van der Waals surface area (Å²) in [7, 11) is 0. The predicted octanol–water partition coefficient (Wildman–Crippen LogP) is 8.54. The third kappa shape index (κ3) is 5.63. The summed E-state index contributed by atoms with van der Waals surface area (Å²) in [6.07, 6.45) is 8.05. The lowest BCUT2D eigenvalue weighted by atomic mass is 9.74. The summed E-state index contributed by atoms with van der Waals surface area (Å²) < 4.78 is 0. The highest BCUT2D eigenvalue weighted by atomic mass is 35.5. The molecule has 0 amide bonds. The van der Waals surface area contributed by atoms with Crippen LogP contribution in [0.5, 0.6) is 0 Å². The minimum absolute atomic E-state index is 0.160. The molecule has 1 aromatic heterocycles. The predicted molar refractivity (Wildman–Crippen MR) is 193 cm³/mol. The maximum absolute atomic E-state index is 12.5. The molecule has 2 nitrogen and oxygen atoms in total. The van der Waals surface area contributed by atoms with Crippen molar-refractivity contribution in [2.75, 3.05) is 0 Å². The van der Waals surface area contributed by atoms with Gasteiger partial charge in [0.2, 0.25) is 0 Å². The summed E-state index contributed by atoms with van der Waals surface area (Å²) in [6.45, 7) is 0. The van der Waals surface area contributed by atoms with Gasteiger partial charge in [0.15, 0.2) is 0 Å². The summed E-state index contributed by atoms with van der Waals surface area (Å²) >= 11 is 6.22. The average Bonchev–Trinajstić information content (AvgIpc) is 3.13. The van der Waals surface area contributed by atoms with Crippen LogP contribution in [-0.4, -0.2) is 10.1 Å². The van der Waals surface area contributed by atoms with Gasteiger partial charge < -0.3 is 5.11 Å². The van der Waals surface area contributed by atoms with Crippen molar-refractivity contribution >= 4 is 23.3 Å². The van der Waals surface area contributed by atoms with Gasteiger partial charge in [0.05, 0.1) is 5.60 Å². The van der Waals surface area contributed by atoms with Crippen LogP contribution < -0.4 is 10.4 Å². The number of aromatic nitrogens is 1. The van der Waals surface area contributed by atoms with Crippen LogP contribution in [0.4, 0.5) is 0 Å². The first kappa shape index (κ1) is 29.6. The average molecular weight is 630 g/mol. The molecule has 0 saturated heterocycles. The fourth-order valence-electron chi connectivity index (χ4n) is 7.85. The molecule has 0 aliphatic heterocycles. The van der Waals surface area contributed by atoms with E-state index in [2.05, 4.69) is 84.9 Å². The van der Waals surface area contributed by atoms with E-state index >= 15 is 0 Å². The highest BCUT2D eigenvalue weighted by Crippen LogP contribution is 2.39. The molecule has 0 bridgehead atoms. The Morgan fingerprint density at radius 3 is 2.26 bits per heavy atom. The number of halogens is 1. The van der Waals surface area contributed by atoms with E-state index in [9.17, 15) is 5.11 Å². The molecule has 0 spiro atoms. The quantitative estimate of drug-likeness (QED) is 0.192. The van der Waals surface area contributed by atoms with Crippen LogP contribution in [0, 0.1) is 0 Å². The lowest BCUT2D eigenvalue weighted by molar-refractivity contribution is 0.0358. The summed E-state index contributed by atoms with van der Waals surface area (Å²) in [5, 5.41) is 15.9. The number of benzene rings is 5. The van der Waals surface area contributed by atoms with E-state index in [1.807, 2.05) is 60.8 Å². The molecule has 0 fully saturated rings. The molecule has 5 aromatic carbocycles. The molecular weight excluding hydrogens is 594 g/mol. The van der Waals surface area contributed by atoms with E-state index in [0.717, 1.165) is 36.1 Å². The molecule has 6 aromatic rings. The Labute approximate surface area is 281 Å². The number of hydrogen-bond donors (Lipinski definition) is 1. The lowest BCUT2D eigenvalue weighted by Crippen LogP contribution is -2.38. The van der Waals surface area contributed by atoms with Crippen LogP contribution in [0.2, 0.25) is 5.02 Å². The van der Waals surface area contributed by atoms with E-state index in [-0.39, 0.29) is 5.92 Å². The summed E-state index contributed by atoms with van der Waals surface area (Å²) in [4.78, 5) is 4.99. The Morgan fingerprint density at radius 2 is 1.45 bits per heavy atom. The smallest absolute Gasteiger partial charge is 0.0992 e. The van der Waals surface area contributed by atoms with Crippen molar-refractivity contribution in [3.05, 3.63) is 194 Å². The first-order chi connectivity index (χ1) is 23.1. The Kier molecular flexibility index (Phi) is 7.85. The number of nitrogens with zero attached hydrogens (tertiary/aromatic N) is 1. The molecule has 1 N–H and O–H groups in total. The highest BCUT2D eigenvalue weighted by molar-refractivity contribution is 6.30. The molecule has 230 valence electrons. The summed E-state index contributed by atoms with van der Waals surface area (Å²) in [5.74, 6) is 0.160. The van der Waals surface area contributed by atoms with E-state index in [4.69, 9.17) is 16.6 Å². The minimum Gasteiger partial charge on any atom is -0.384 e. The number of fused-ring (bicyclic) bond motifs is 5. The molecule has 1 heterocycles. The normalized spacial score (nSPS) is 16.3. The molecule has 8 rings (SSSR count). The summed E-state index contributed by atoms with van der Waals surface area (Å²) in [6, 6.07) is 46.5. The Morgan fingerprint density at radius 1 is 0.702 bits per heavy atom. The van der Waals surface area contributed by atoms with E-state index in [1.54, 1.807) is 0 Å². The van der Waals surface area contributed by atoms with Gasteiger partial charge in [-0.3, -0.25) is 4.98 Å². The SMILES string of the molecule is OC(Cc1ccc(Cl)cc1)(Cc1ncccc1C1CCC(c2ccccc2)=c2c1ccc1c2=CCc2ccccc2-1)c1ccccc1. The third-order valence-corrected chi connectivity index (χ3v) is 10.3. The second-order valence-corrected chi connectivity index (χ2v) is 13.3. The van der Waals surface area contributed by atoms with Gasteiger partial charge in [-0.25, -0.2) is 0 Å². The molecule has 0 radical (unpaired) electrons. The van der Waals surface area contributed by atoms with Crippen molar-refractivity contribution < 1.29 is 5.11 Å². The van der Waals surface area contributed by atoms with Gasteiger partial charge in [-0.15, -0.1) is 0 Å². The lowest BCUT2D eigenvalue weighted by Gasteiger charge is -2.32. The molecule has 2 aliphatic rings. The third-order valence-electron chi connectivity index (χ3n) is 10.1. The molecule has 0 saturated carbocycles. The van der Waals surface area contributed by atoms with Crippen LogP contribution in [0.15, 0.2) is 140 Å². The van der Waals surface area contributed by atoms with Crippen molar-refractivity contribution in [3.63, 3.8) is 0 Å². The van der Waals surface area contributed by atoms with E-state index in [0.29, 0.717) is 17.9 Å². The van der Waals surface area contributed by atoms with Crippen LogP contribution in [0.3, 0.4) is 0 Å². The first-order valence-electron chi connectivity index (χ1n) is 16.5. The van der Waals surface area contributed by atoms with Crippen molar-refractivity contribution in [1.82, 2.24) is 4.98 Å². The van der Waals surface area contributed by atoms with Gasteiger partial charge in [-0.2, -0.15) is 0 Å². The fourth-order valence-corrected chi connectivity index (χ4v) is 7.98. The van der Waals surface area contributed by atoms with Crippen molar-refractivity contribution in [2.45, 2.75) is 43.6 Å². The van der Waals surface area contributed by atoms with Gasteiger partial charge in [-0.05, 0) is 98.0 Å². The van der Waals surface area contributed by atoms with Crippen LogP contribution >= 0.6 is 11.6 Å². The fraction of sp³-hybridized carbons (Fsp3) is 0.159. The second-order valence-electron chi connectivity index (χ2n) is 12.9. The standard InChI is InChI=1S/C44H36ClNO/c45-34-20-17-30(18-21-34)28-44(47,33-13-5-2-6-14-33)29-42-39(16-9-27-46-42)38-24-23-36(31-10-3-1-4-11-31)43-40-22-19-32-12-7-8-15-35(32)37(40)25-26-41(38)43/h1-18,20-22,25-27,38,47H,19,23-24,28-29H2. The number of pyridine rings is 1. The van der Waals surface area contributed by atoms with E-state index < -0.39 is 5.60 Å². The zero-order chi connectivity index (χ0) is 31.8. The van der Waals surface area contributed by atoms with Crippen molar-refractivity contribution in [1.29, 1.82) is 0 Å². The number of aliphatic hydroxyl groups is 1. The van der Waals surface area contributed by atoms with Gasteiger partial charge >= 0.3 is 0 Å². The Balaban J connectivity index is 1.28. The zero-order valence-electron chi connectivity index (χ0n) is 26.2. The second kappa shape index (κ2) is 12.4. The topological polar surface area (TPSA) is 33.1 Å². The van der Waals surface area contributed by atoms with Gasteiger partial charge in [0, 0.05) is 35.7 Å². The zero-order valence-corrected chi connectivity index (χ0v) is 27.0. The van der Waals surface area contributed by atoms with Crippen molar-refractivity contribution in [3.8, 4) is 11.1 Å². The highest BCUT2D eigenvalue weighted by Gasteiger charge is 2.34. The number of hydrogen-bond acceptors (Lipinski definition) is 2. The molecule has 2 unspecified atom stereocenters. The number of rotatable bonds is 7.